The number of hydrogen-bond acceptors (Lipinski definition) is 6. The van der Waals surface area contributed by atoms with Gasteiger partial charge in [-0.05, 0) is 30.6 Å². The summed E-state index contributed by atoms with van der Waals surface area (Å²) in [6.45, 7) is 6.10. The van der Waals surface area contributed by atoms with Crippen LogP contribution in [-0.4, -0.2) is 69.1 Å². The molecule has 22 heavy (non-hydrogen) atoms. The first kappa shape index (κ1) is 19.8. The summed E-state index contributed by atoms with van der Waals surface area (Å²) < 4.78 is 0. The maximum absolute atomic E-state index is 9.99. The molecular weight excluding hydrogens is 286 g/mol. The molecule has 7 atom stereocenters. The lowest BCUT2D eigenvalue weighted by atomic mass is 9.74. The van der Waals surface area contributed by atoms with Crippen LogP contribution in [0.4, 0.5) is 0 Å². The zero-order valence-corrected chi connectivity index (χ0v) is 13.9. The standard InChI is InChI=1S/C16H33NO5/c1-9(2)11-5-4-10(3)6-12(11)17-7-13(19)15(21)16(22)14(20)8-18/h9-22H,4-8H2,1-3H3/t10?,11?,12?,13-,14+,15+,16+/m0/s1. The number of aliphatic hydroxyl groups excluding tert-OH is 5. The normalized spacial score (nSPS) is 31.8. The van der Waals surface area contributed by atoms with Gasteiger partial charge in [0, 0.05) is 12.6 Å². The molecule has 1 fully saturated rings. The molecule has 0 aromatic rings. The quantitative estimate of drug-likeness (QED) is 0.359. The minimum Gasteiger partial charge on any atom is -0.394 e. The minimum absolute atomic E-state index is 0.150. The van der Waals surface area contributed by atoms with Crippen LogP contribution in [0.3, 0.4) is 0 Å². The highest BCUT2D eigenvalue weighted by atomic mass is 16.4. The van der Waals surface area contributed by atoms with Crippen LogP contribution < -0.4 is 5.32 Å². The molecule has 0 bridgehead atoms. The van der Waals surface area contributed by atoms with Gasteiger partial charge in [0.2, 0.25) is 0 Å². The molecule has 3 unspecified atom stereocenters. The zero-order valence-electron chi connectivity index (χ0n) is 13.9. The molecule has 0 radical (unpaired) electrons. The van der Waals surface area contributed by atoms with Crippen LogP contribution in [0.5, 0.6) is 0 Å². The summed E-state index contributed by atoms with van der Waals surface area (Å²) >= 11 is 0. The van der Waals surface area contributed by atoms with Crippen LogP contribution in [0.2, 0.25) is 0 Å². The minimum atomic E-state index is -1.56. The van der Waals surface area contributed by atoms with Gasteiger partial charge in [-0.2, -0.15) is 0 Å². The summed E-state index contributed by atoms with van der Waals surface area (Å²) in [4.78, 5) is 0. The Hall–Kier alpha value is -0.240. The van der Waals surface area contributed by atoms with Gasteiger partial charge in [0.1, 0.15) is 18.3 Å². The maximum Gasteiger partial charge on any atom is 0.111 e. The van der Waals surface area contributed by atoms with Crippen molar-refractivity contribution in [2.45, 2.75) is 70.5 Å². The number of rotatable bonds is 8. The second-order valence-electron chi connectivity index (χ2n) is 7.14. The average Bonchev–Trinajstić information content (AvgIpc) is 2.49. The lowest BCUT2D eigenvalue weighted by molar-refractivity contribution is -0.114. The summed E-state index contributed by atoms with van der Waals surface area (Å²) in [5, 5.41) is 50.9. The van der Waals surface area contributed by atoms with Crippen molar-refractivity contribution in [2.24, 2.45) is 17.8 Å². The molecule has 1 saturated carbocycles. The third-order valence-corrected chi connectivity index (χ3v) is 4.94. The number of nitrogens with one attached hydrogen (secondary N) is 1. The Labute approximate surface area is 133 Å². The molecule has 0 heterocycles. The third-order valence-electron chi connectivity index (χ3n) is 4.94. The monoisotopic (exact) mass is 319 g/mol. The topological polar surface area (TPSA) is 113 Å². The second-order valence-corrected chi connectivity index (χ2v) is 7.14. The Morgan fingerprint density at radius 2 is 1.59 bits per heavy atom. The Morgan fingerprint density at radius 1 is 1.00 bits per heavy atom. The van der Waals surface area contributed by atoms with Crippen LogP contribution in [0.25, 0.3) is 0 Å². The second kappa shape index (κ2) is 9.15. The van der Waals surface area contributed by atoms with Gasteiger partial charge in [0.15, 0.2) is 0 Å². The lowest BCUT2D eigenvalue weighted by Gasteiger charge is -2.38. The maximum atomic E-state index is 9.99. The molecular formula is C16H33NO5. The van der Waals surface area contributed by atoms with Crippen molar-refractivity contribution < 1.29 is 25.5 Å². The first-order valence-electron chi connectivity index (χ1n) is 8.34. The van der Waals surface area contributed by atoms with E-state index < -0.39 is 31.0 Å². The van der Waals surface area contributed by atoms with Crippen molar-refractivity contribution in [3.8, 4) is 0 Å². The van der Waals surface area contributed by atoms with Crippen molar-refractivity contribution in [2.75, 3.05) is 13.2 Å². The molecule has 6 nitrogen and oxygen atoms in total. The molecule has 1 rings (SSSR count). The fourth-order valence-corrected chi connectivity index (χ4v) is 3.39. The van der Waals surface area contributed by atoms with E-state index in [1.165, 1.54) is 6.42 Å². The Morgan fingerprint density at radius 3 is 2.14 bits per heavy atom. The lowest BCUT2D eigenvalue weighted by Crippen LogP contribution is -2.52. The highest BCUT2D eigenvalue weighted by Crippen LogP contribution is 2.33. The van der Waals surface area contributed by atoms with Gasteiger partial charge in [-0.1, -0.05) is 27.2 Å². The first-order chi connectivity index (χ1) is 10.3. The van der Waals surface area contributed by atoms with Gasteiger partial charge in [0.05, 0.1) is 12.7 Å². The van der Waals surface area contributed by atoms with E-state index in [1.54, 1.807) is 0 Å². The largest absolute Gasteiger partial charge is 0.394 e. The predicted octanol–water partition coefficient (Wildman–Crippen LogP) is -0.527. The van der Waals surface area contributed by atoms with E-state index in [-0.39, 0.29) is 12.6 Å². The first-order valence-corrected chi connectivity index (χ1v) is 8.34. The number of aliphatic hydroxyl groups is 5. The van der Waals surface area contributed by atoms with Crippen LogP contribution in [0.1, 0.15) is 40.0 Å². The summed E-state index contributed by atoms with van der Waals surface area (Å²) in [5.74, 6) is 1.72. The van der Waals surface area contributed by atoms with E-state index in [0.717, 1.165) is 12.8 Å². The predicted molar refractivity (Wildman–Crippen MR) is 84.2 cm³/mol. The molecule has 0 amide bonds. The molecule has 0 aromatic carbocycles. The summed E-state index contributed by atoms with van der Waals surface area (Å²) in [7, 11) is 0. The molecule has 0 saturated heterocycles. The van der Waals surface area contributed by atoms with E-state index in [2.05, 4.69) is 26.1 Å². The van der Waals surface area contributed by atoms with Gasteiger partial charge in [0.25, 0.3) is 0 Å². The Balaban J connectivity index is 2.51. The SMILES string of the molecule is CC1CCC(C(C)C)C(NC[C@H](O)[C@@H](O)[C@H](O)[C@H](O)CO)C1. The third kappa shape index (κ3) is 5.44. The van der Waals surface area contributed by atoms with Gasteiger partial charge in [-0.25, -0.2) is 0 Å². The summed E-state index contributed by atoms with van der Waals surface area (Å²) in [6, 6.07) is 0.283. The fraction of sp³-hybridized carbons (Fsp3) is 1.00. The fourth-order valence-electron chi connectivity index (χ4n) is 3.39. The van der Waals surface area contributed by atoms with Gasteiger partial charge in [-0.3, -0.25) is 0 Å². The van der Waals surface area contributed by atoms with E-state index in [9.17, 15) is 20.4 Å². The van der Waals surface area contributed by atoms with Crippen molar-refractivity contribution in [1.29, 1.82) is 0 Å². The van der Waals surface area contributed by atoms with Crippen molar-refractivity contribution >= 4 is 0 Å². The smallest absolute Gasteiger partial charge is 0.111 e. The summed E-state index contributed by atoms with van der Waals surface area (Å²) in [5.41, 5.74) is 0. The molecule has 0 aliphatic heterocycles. The number of hydrogen-bond donors (Lipinski definition) is 6. The van der Waals surface area contributed by atoms with Gasteiger partial charge >= 0.3 is 0 Å². The van der Waals surface area contributed by atoms with Crippen LogP contribution >= 0.6 is 0 Å². The molecule has 0 aromatic heterocycles. The zero-order chi connectivity index (χ0) is 16.9. The van der Waals surface area contributed by atoms with E-state index in [4.69, 9.17) is 5.11 Å². The molecule has 1 aliphatic rings. The Bertz CT molecular complexity index is 315. The van der Waals surface area contributed by atoms with Gasteiger partial charge < -0.3 is 30.8 Å². The van der Waals surface area contributed by atoms with Crippen molar-refractivity contribution in [1.82, 2.24) is 5.32 Å². The molecule has 132 valence electrons. The molecule has 6 heteroatoms. The van der Waals surface area contributed by atoms with Crippen LogP contribution in [0.15, 0.2) is 0 Å². The molecule has 6 N–H and O–H groups in total. The average molecular weight is 319 g/mol. The van der Waals surface area contributed by atoms with Crippen LogP contribution in [-0.2, 0) is 0 Å². The molecule has 1 aliphatic carbocycles. The highest BCUT2D eigenvalue weighted by molar-refractivity contribution is 4.88. The van der Waals surface area contributed by atoms with Crippen LogP contribution in [0, 0.1) is 17.8 Å². The highest BCUT2D eigenvalue weighted by Gasteiger charge is 2.33. The van der Waals surface area contributed by atoms with E-state index in [1.807, 2.05) is 0 Å². The Kier molecular flexibility index (Phi) is 8.24. The summed E-state index contributed by atoms with van der Waals surface area (Å²) in [6.07, 6.45) is -2.30. The molecule has 0 spiro atoms. The van der Waals surface area contributed by atoms with E-state index >= 15 is 0 Å². The van der Waals surface area contributed by atoms with Crippen molar-refractivity contribution in [3.63, 3.8) is 0 Å². The van der Waals surface area contributed by atoms with E-state index in [0.29, 0.717) is 17.8 Å². The van der Waals surface area contributed by atoms with Gasteiger partial charge in [-0.15, -0.1) is 0 Å². The van der Waals surface area contributed by atoms with Crippen molar-refractivity contribution in [3.05, 3.63) is 0 Å².